The summed E-state index contributed by atoms with van der Waals surface area (Å²) in [5.74, 6) is 0.935. The Morgan fingerprint density at radius 2 is 1.48 bits per heavy atom. The first-order chi connectivity index (χ1) is 9.52. The van der Waals surface area contributed by atoms with Crippen LogP contribution in [0.4, 0.5) is 0 Å². The summed E-state index contributed by atoms with van der Waals surface area (Å²) in [5, 5.41) is 0. The van der Waals surface area contributed by atoms with E-state index in [0.29, 0.717) is 0 Å². The summed E-state index contributed by atoms with van der Waals surface area (Å²) < 4.78 is 0. The molecule has 0 saturated heterocycles. The number of imidazole rings is 1. The van der Waals surface area contributed by atoms with Crippen molar-refractivity contribution in [2.45, 2.75) is 34.6 Å². The van der Waals surface area contributed by atoms with Gasteiger partial charge in [-0.05, 0) is 0 Å². The molecule has 2 nitrogen and oxygen atoms in total. The molecule has 0 aliphatic heterocycles. The van der Waals surface area contributed by atoms with Gasteiger partial charge in [0, 0.05) is 12.4 Å². The zero-order valence-electron chi connectivity index (χ0n) is 13.3. The minimum atomic E-state index is 0. The van der Waals surface area contributed by atoms with Crippen LogP contribution in [-0.4, -0.2) is 9.97 Å². The molecule has 0 atom stereocenters. The van der Waals surface area contributed by atoms with E-state index in [1.165, 1.54) is 27.8 Å². The van der Waals surface area contributed by atoms with Gasteiger partial charge in [-0.1, -0.05) is 40.2 Å². The number of aromatic amines is 1. The van der Waals surface area contributed by atoms with Gasteiger partial charge in [-0.2, -0.15) is 39.9 Å². The monoisotopic (exact) mass is 322 g/mol. The number of hydrogen-bond donors (Lipinski definition) is 1. The molecule has 0 aliphatic carbocycles. The number of nitrogens with one attached hydrogen (secondary N) is 1. The average Bonchev–Trinajstić information content (AvgIpc) is 3.17. The van der Waals surface area contributed by atoms with Gasteiger partial charge in [-0.3, -0.25) is 4.98 Å². The number of rotatable bonds is 1. The van der Waals surface area contributed by atoms with E-state index in [4.69, 9.17) is 0 Å². The molecule has 1 N–H and O–H groups in total. The third kappa shape index (κ3) is 3.75. The van der Waals surface area contributed by atoms with E-state index in [-0.39, 0.29) is 17.1 Å². The molecule has 1 aromatic heterocycles. The Morgan fingerprint density at radius 3 is 1.81 bits per heavy atom. The fourth-order valence-corrected chi connectivity index (χ4v) is 2.36. The second kappa shape index (κ2) is 7.44. The van der Waals surface area contributed by atoms with Crippen LogP contribution in [0.25, 0.3) is 11.4 Å². The normalized spacial score (nSPS) is 9.76. The summed E-state index contributed by atoms with van der Waals surface area (Å²) in [6, 6.07) is 8.05. The summed E-state index contributed by atoms with van der Waals surface area (Å²) >= 11 is 0. The molecule has 3 aromatic rings. The van der Waals surface area contributed by atoms with Gasteiger partial charge >= 0.3 is 17.1 Å². The molecule has 112 valence electrons. The van der Waals surface area contributed by atoms with E-state index in [9.17, 15) is 0 Å². The van der Waals surface area contributed by atoms with Gasteiger partial charge in [-0.15, -0.1) is 0 Å². The third-order valence-corrected chi connectivity index (χ3v) is 4.25. The molecular weight excluding hydrogens is 300 g/mol. The zero-order chi connectivity index (χ0) is 14.7. The molecule has 0 bridgehead atoms. The van der Waals surface area contributed by atoms with Crippen LogP contribution in [-0.2, 0) is 17.1 Å². The SMILES string of the molecule is Cc1c(C)c(C)[c-](C)c1C.[Fe+2].c1cc[c-](-c2ncc[nH]2)c1. The van der Waals surface area contributed by atoms with Gasteiger partial charge in [0.05, 0.1) is 5.82 Å². The van der Waals surface area contributed by atoms with Crippen LogP contribution in [0.15, 0.2) is 36.7 Å². The first-order valence-corrected chi connectivity index (χ1v) is 6.93. The molecule has 2 aromatic carbocycles. The maximum absolute atomic E-state index is 4.10. The Labute approximate surface area is 137 Å². The second-order valence-corrected chi connectivity index (χ2v) is 5.24. The van der Waals surface area contributed by atoms with E-state index in [2.05, 4.69) is 44.6 Å². The number of hydrogen-bond acceptors (Lipinski definition) is 1. The number of nitrogens with zero attached hydrogens (tertiary/aromatic N) is 1. The van der Waals surface area contributed by atoms with Crippen molar-refractivity contribution >= 4 is 0 Å². The Kier molecular flexibility index (Phi) is 6.19. The maximum atomic E-state index is 4.10. The van der Waals surface area contributed by atoms with Gasteiger partial charge in [0.2, 0.25) is 0 Å². The number of aromatic nitrogens is 2. The molecule has 3 heteroatoms. The van der Waals surface area contributed by atoms with Crippen LogP contribution in [0.3, 0.4) is 0 Å². The Bertz CT molecular complexity index is 546. The van der Waals surface area contributed by atoms with Crippen molar-refractivity contribution in [2.24, 2.45) is 0 Å². The van der Waals surface area contributed by atoms with Crippen molar-refractivity contribution in [3.8, 4) is 11.4 Å². The summed E-state index contributed by atoms with van der Waals surface area (Å²) in [7, 11) is 0. The first kappa shape index (κ1) is 17.5. The van der Waals surface area contributed by atoms with Crippen LogP contribution in [0, 0.1) is 34.6 Å². The summed E-state index contributed by atoms with van der Waals surface area (Å²) in [6.07, 6.45) is 3.57. The molecule has 21 heavy (non-hydrogen) atoms. The summed E-state index contributed by atoms with van der Waals surface area (Å²) in [6.45, 7) is 11.0. The molecule has 1 heterocycles. The standard InChI is InChI=1S/C10H15.C8H7N2.Fe/c1-6-7(2)9(4)10(5)8(6)3;1-2-4-7(3-1)8-9-5-6-10-8;/h1-5H3;1-6H,(H,9,10);/q2*-1;+2. The molecule has 0 spiro atoms. The largest absolute Gasteiger partial charge is 2.00 e. The van der Waals surface area contributed by atoms with Crippen LogP contribution in [0.1, 0.15) is 27.8 Å². The predicted octanol–water partition coefficient (Wildman–Crippen LogP) is 4.74. The van der Waals surface area contributed by atoms with Crippen LogP contribution >= 0.6 is 0 Å². The molecule has 0 unspecified atom stereocenters. The van der Waals surface area contributed by atoms with Crippen molar-refractivity contribution in [2.75, 3.05) is 0 Å². The second-order valence-electron chi connectivity index (χ2n) is 5.24. The van der Waals surface area contributed by atoms with Crippen molar-refractivity contribution in [1.29, 1.82) is 0 Å². The van der Waals surface area contributed by atoms with Crippen molar-refractivity contribution in [3.63, 3.8) is 0 Å². The molecule has 0 fully saturated rings. The number of H-pyrrole nitrogens is 1. The first-order valence-electron chi connectivity index (χ1n) is 6.93. The molecular formula is C18H22FeN2. The summed E-state index contributed by atoms with van der Waals surface area (Å²) in [4.78, 5) is 7.13. The summed E-state index contributed by atoms with van der Waals surface area (Å²) in [5.41, 5.74) is 8.48. The van der Waals surface area contributed by atoms with E-state index in [1.54, 1.807) is 6.20 Å². The minimum Gasteiger partial charge on any atom is -0.355 e. The van der Waals surface area contributed by atoms with Crippen molar-refractivity contribution in [3.05, 3.63) is 64.5 Å². The third-order valence-electron chi connectivity index (χ3n) is 4.25. The van der Waals surface area contributed by atoms with E-state index in [0.717, 1.165) is 11.4 Å². The molecule has 0 amide bonds. The van der Waals surface area contributed by atoms with Gasteiger partial charge in [-0.25, -0.2) is 12.1 Å². The van der Waals surface area contributed by atoms with E-state index < -0.39 is 0 Å². The fraction of sp³-hybridized carbons (Fsp3) is 0.278. The maximum Gasteiger partial charge on any atom is 2.00 e. The van der Waals surface area contributed by atoms with Gasteiger partial charge in [0.15, 0.2) is 0 Å². The molecule has 3 rings (SSSR count). The van der Waals surface area contributed by atoms with Crippen LogP contribution in [0.5, 0.6) is 0 Å². The zero-order valence-corrected chi connectivity index (χ0v) is 14.4. The fourth-order valence-electron chi connectivity index (χ4n) is 2.36. The average molecular weight is 322 g/mol. The predicted molar refractivity (Wildman–Crippen MR) is 85.3 cm³/mol. The van der Waals surface area contributed by atoms with Gasteiger partial charge < -0.3 is 4.98 Å². The van der Waals surface area contributed by atoms with Crippen LogP contribution in [0.2, 0.25) is 0 Å². The molecule has 0 saturated carbocycles. The van der Waals surface area contributed by atoms with Gasteiger partial charge in [0.25, 0.3) is 0 Å². The van der Waals surface area contributed by atoms with Crippen molar-refractivity contribution in [1.82, 2.24) is 9.97 Å². The Morgan fingerprint density at radius 1 is 0.952 bits per heavy atom. The Hall–Kier alpha value is -1.57. The Balaban J connectivity index is 0.000000200. The smallest absolute Gasteiger partial charge is 0.355 e. The molecule has 0 aliphatic rings. The minimum absolute atomic E-state index is 0. The van der Waals surface area contributed by atoms with Crippen LogP contribution < -0.4 is 0 Å². The van der Waals surface area contributed by atoms with Gasteiger partial charge in [0.1, 0.15) is 0 Å². The van der Waals surface area contributed by atoms with E-state index >= 15 is 0 Å². The quantitative estimate of drug-likeness (QED) is 0.509. The van der Waals surface area contributed by atoms with E-state index in [1.807, 2.05) is 30.5 Å². The molecule has 0 radical (unpaired) electrons. The van der Waals surface area contributed by atoms with Crippen molar-refractivity contribution < 1.29 is 17.1 Å². The topological polar surface area (TPSA) is 28.7 Å².